The molecule has 9 heteroatoms. The Morgan fingerprint density at radius 1 is 1.00 bits per heavy atom. The second-order valence-corrected chi connectivity index (χ2v) is 10.1. The molecule has 0 atom stereocenters. The average molecular weight is 462 g/mol. The normalized spacial score (nSPS) is 18.4. The van der Waals surface area contributed by atoms with Crippen LogP contribution in [-0.4, -0.2) is 62.9 Å². The van der Waals surface area contributed by atoms with Gasteiger partial charge in [-0.2, -0.15) is 4.31 Å². The van der Waals surface area contributed by atoms with Crippen molar-refractivity contribution in [2.45, 2.75) is 30.7 Å². The van der Waals surface area contributed by atoms with Crippen molar-refractivity contribution in [2.24, 2.45) is 0 Å². The Bertz CT molecular complexity index is 1060. The molecule has 2 saturated heterocycles. The molecular weight excluding hydrogens is 433 g/mol. The van der Waals surface area contributed by atoms with E-state index in [2.05, 4.69) is 10.2 Å². The van der Waals surface area contributed by atoms with Gasteiger partial charge in [-0.05, 0) is 48.7 Å². The molecule has 0 aromatic heterocycles. The SMILES string of the molecule is O=C(Nc1cccc(CN2CCOCC2)c1)c1ccc(F)c(S(=O)(=O)N2CCCCC2)c1. The Kier molecular flexibility index (Phi) is 7.20. The Morgan fingerprint density at radius 3 is 2.50 bits per heavy atom. The van der Waals surface area contributed by atoms with E-state index >= 15 is 0 Å². The zero-order valence-corrected chi connectivity index (χ0v) is 18.7. The summed E-state index contributed by atoms with van der Waals surface area (Å²) in [5.41, 5.74) is 1.75. The highest BCUT2D eigenvalue weighted by Gasteiger charge is 2.29. The van der Waals surface area contributed by atoms with Crippen LogP contribution in [0.15, 0.2) is 47.4 Å². The molecule has 0 bridgehead atoms. The predicted octanol–water partition coefficient (Wildman–Crippen LogP) is 3.08. The van der Waals surface area contributed by atoms with E-state index < -0.39 is 26.6 Å². The number of carbonyl (C=O) groups excluding carboxylic acids is 1. The van der Waals surface area contributed by atoms with E-state index in [0.717, 1.165) is 56.6 Å². The molecule has 0 unspecified atom stereocenters. The van der Waals surface area contributed by atoms with Crippen LogP contribution in [0, 0.1) is 5.82 Å². The lowest BCUT2D eigenvalue weighted by molar-refractivity contribution is 0.0342. The fourth-order valence-electron chi connectivity index (χ4n) is 4.05. The average Bonchev–Trinajstić information content (AvgIpc) is 2.80. The van der Waals surface area contributed by atoms with Gasteiger partial charge in [-0.3, -0.25) is 9.69 Å². The summed E-state index contributed by atoms with van der Waals surface area (Å²) < 4.78 is 46.9. The Morgan fingerprint density at radius 2 is 1.75 bits per heavy atom. The van der Waals surface area contributed by atoms with Crippen molar-refractivity contribution in [1.29, 1.82) is 0 Å². The second kappa shape index (κ2) is 10.1. The molecule has 0 radical (unpaired) electrons. The maximum Gasteiger partial charge on any atom is 0.255 e. The van der Waals surface area contributed by atoms with Crippen LogP contribution in [0.1, 0.15) is 35.2 Å². The lowest BCUT2D eigenvalue weighted by Crippen LogP contribution is -2.36. The summed E-state index contributed by atoms with van der Waals surface area (Å²) in [6.45, 7) is 4.64. The largest absolute Gasteiger partial charge is 0.379 e. The molecule has 4 rings (SSSR count). The first kappa shape index (κ1) is 22.8. The highest BCUT2D eigenvalue weighted by molar-refractivity contribution is 7.89. The number of amides is 1. The monoisotopic (exact) mass is 461 g/mol. The molecular formula is C23H28FN3O4S. The number of benzene rings is 2. The number of hydrogen-bond acceptors (Lipinski definition) is 5. The molecule has 1 N–H and O–H groups in total. The highest BCUT2D eigenvalue weighted by Crippen LogP contribution is 2.24. The quantitative estimate of drug-likeness (QED) is 0.715. The summed E-state index contributed by atoms with van der Waals surface area (Å²) in [6.07, 6.45) is 2.46. The van der Waals surface area contributed by atoms with Crippen LogP contribution in [0.4, 0.5) is 10.1 Å². The Hall–Kier alpha value is -2.33. The van der Waals surface area contributed by atoms with Crippen LogP contribution in [0.5, 0.6) is 0 Å². The molecule has 172 valence electrons. The summed E-state index contributed by atoms with van der Waals surface area (Å²) in [5, 5.41) is 2.80. The van der Waals surface area contributed by atoms with E-state index in [0.29, 0.717) is 32.0 Å². The van der Waals surface area contributed by atoms with Gasteiger partial charge in [0.25, 0.3) is 5.91 Å². The number of carbonyl (C=O) groups is 1. The molecule has 32 heavy (non-hydrogen) atoms. The zero-order chi connectivity index (χ0) is 22.6. The van der Waals surface area contributed by atoms with Gasteiger partial charge < -0.3 is 10.1 Å². The van der Waals surface area contributed by atoms with E-state index in [1.54, 1.807) is 6.07 Å². The molecule has 0 saturated carbocycles. The third kappa shape index (κ3) is 5.35. The van der Waals surface area contributed by atoms with Crippen molar-refractivity contribution in [3.63, 3.8) is 0 Å². The molecule has 0 aliphatic carbocycles. The van der Waals surface area contributed by atoms with Gasteiger partial charge in [0.15, 0.2) is 0 Å². The van der Waals surface area contributed by atoms with Crippen LogP contribution in [0.3, 0.4) is 0 Å². The number of piperidine rings is 1. The minimum absolute atomic E-state index is 0.0977. The minimum Gasteiger partial charge on any atom is -0.379 e. The third-order valence-corrected chi connectivity index (χ3v) is 7.73. The van der Waals surface area contributed by atoms with Gasteiger partial charge in [-0.1, -0.05) is 18.6 Å². The Balaban J connectivity index is 1.49. The number of sulfonamides is 1. The lowest BCUT2D eigenvalue weighted by atomic mass is 10.1. The topological polar surface area (TPSA) is 79.0 Å². The first-order valence-electron chi connectivity index (χ1n) is 10.9. The van der Waals surface area contributed by atoms with Gasteiger partial charge in [0.1, 0.15) is 10.7 Å². The summed E-state index contributed by atoms with van der Waals surface area (Å²) in [7, 11) is -3.98. The van der Waals surface area contributed by atoms with Crippen LogP contribution in [-0.2, 0) is 21.3 Å². The van der Waals surface area contributed by atoms with Gasteiger partial charge in [-0.15, -0.1) is 0 Å². The molecule has 0 spiro atoms. The standard InChI is InChI=1S/C23H28FN3O4S/c24-21-8-7-19(16-22(21)32(29,30)27-9-2-1-3-10-27)23(28)25-20-6-4-5-18(15-20)17-26-11-13-31-14-12-26/h4-8,15-16H,1-3,9-14,17H2,(H,25,28). The smallest absolute Gasteiger partial charge is 0.255 e. The Labute approximate surface area is 188 Å². The van der Waals surface area contributed by atoms with Crippen molar-refractivity contribution >= 4 is 21.6 Å². The number of nitrogens with one attached hydrogen (secondary N) is 1. The van der Waals surface area contributed by atoms with E-state index in [4.69, 9.17) is 4.74 Å². The predicted molar refractivity (Wildman–Crippen MR) is 120 cm³/mol. The number of nitrogens with zero attached hydrogens (tertiary/aromatic N) is 2. The van der Waals surface area contributed by atoms with E-state index in [1.807, 2.05) is 18.2 Å². The van der Waals surface area contributed by atoms with Gasteiger partial charge in [0, 0.05) is 44.0 Å². The van der Waals surface area contributed by atoms with Gasteiger partial charge in [-0.25, -0.2) is 12.8 Å². The first-order chi connectivity index (χ1) is 15.4. The number of halogens is 1. The van der Waals surface area contributed by atoms with E-state index in [1.165, 1.54) is 10.4 Å². The first-order valence-corrected chi connectivity index (χ1v) is 12.4. The summed E-state index contributed by atoms with van der Waals surface area (Å²) in [4.78, 5) is 14.6. The van der Waals surface area contributed by atoms with Gasteiger partial charge >= 0.3 is 0 Å². The molecule has 2 aliphatic heterocycles. The van der Waals surface area contributed by atoms with Crippen molar-refractivity contribution in [3.8, 4) is 0 Å². The number of morpholine rings is 1. The van der Waals surface area contributed by atoms with Gasteiger partial charge in [0.2, 0.25) is 10.0 Å². The maximum atomic E-state index is 14.4. The fraction of sp³-hybridized carbons (Fsp3) is 0.435. The van der Waals surface area contributed by atoms with Gasteiger partial charge in [0.05, 0.1) is 13.2 Å². The zero-order valence-electron chi connectivity index (χ0n) is 17.9. The molecule has 2 heterocycles. The maximum absolute atomic E-state index is 14.4. The van der Waals surface area contributed by atoms with Crippen molar-refractivity contribution < 1.29 is 22.3 Å². The molecule has 7 nitrogen and oxygen atoms in total. The second-order valence-electron chi connectivity index (χ2n) is 8.15. The van der Waals surface area contributed by atoms with E-state index in [9.17, 15) is 17.6 Å². The summed E-state index contributed by atoms with van der Waals surface area (Å²) >= 11 is 0. The fourth-order valence-corrected chi connectivity index (χ4v) is 5.66. The lowest BCUT2D eigenvalue weighted by Gasteiger charge is -2.26. The van der Waals surface area contributed by atoms with Crippen molar-refractivity contribution in [1.82, 2.24) is 9.21 Å². The van der Waals surface area contributed by atoms with Crippen LogP contribution in [0.2, 0.25) is 0 Å². The number of hydrogen-bond donors (Lipinski definition) is 1. The van der Waals surface area contributed by atoms with Crippen molar-refractivity contribution in [2.75, 3.05) is 44.7 Å². The number of rotatable bonds is 6. The molecule has 2 aromatic rings. The van der Waals surface area contributed by atoms with Crippen LogP contribution in [0.25, 0.3) is 0 Å². The van der Waals surface area contributed by atoms with Crippen LogP contribution < -0.4 is 5.32 Å². The van der Waals surface area contributed by atoms with Crippen LogP contribution >= 0.6 is 0 Å². The summed E-state index contributed by atoms with van der Waals surface area (Å²) in [6, 6.07) is 11.0. The number of ether oxygens (including phenoxy) is 1. The third-order valence-electron chi connectivity index (χ3n) is 5.82. The van der Waals surface area contributed by atoms with Crippen molar-refractivity contribution in [3.05, 3.63) is 59.4 Å². The minimum atomic E-state index is -3.98. The molecule has 2 aliphatic rings. The highest BCUT2D eigenvalue weighted by atomic mass is 32.2. The molecule has 2 fully saturated rings. The van der Waals surface area contributed by atoms with E-state index in [-0.39, 0.29) is 5.56 Å². The number of anilines is 1. The molecule has 2 aromatic carbocycles. The molecule has 1 amide bonds. The summed E-state index contributed by atoms with van der Waals surface area (Å²) in [5.74, 6) is -1.33.